The Labute approximate surface area is 337 Å². The van der Waals surface area contributed by atoms with Crippen LogP contribution in [0.15, 0.2) is 24.3 Å². The summed E-state index contributed by atoms with van der Waals surface area (Å²) in [5.41, 5.74) is 0. The average Bonchev–Trinajstić information content (AvgIpc) is 3.17. The van der Waals surface area contributed by atoms with E-state index in [0.29, 0.717) is 19.8 Å². The zero-order valence-corrected chi connectivity index (χ0v) is 36.8. The SMILES string of the molecule is CCCCCCCCC=CCCCCCCCCOCC(COC(=O)NCCN(CCC)CCC)OCCCCCCCCC=CCCCCCCCC. The summed E-state index contributed by atoms with van der Waals surface area (Å²) in [5, 5.41) is 2.93. The summed E-state index contributed by atoms with van der Waals surface area (Å²) in [6.45, 7) is 14.7. The molecule has 0 radical (unpaired) electrons. The van der Waals surface area contributed by atoms with Crippen LogP contribution in [0.25, 0.3) is 0 Å². The minimum atomic E-state index is -0.359. The maximum absolute atomic E-state index is 12.5. The number of nitrogens with one attached hydrogen (secondary N) is 1. The normalized spacial score (nSPS) is 12.5. The van der Waals surface area contributed by atoms with Crippen molar-refractivity contribution in [2.75, 3.05) is 52.6 Å². The van der Waals surface area contributed by atoms with E-state index in [1.54, 1.807) is 0 Å². The number of ether oxygens (including phenoxy) is 3. The zero-order valence-electron chi connectivity index (χ0n) is 36.8. The van der Waals surface area contributed by atoms with Gasteiger partial charge in [0.1, 0.15) is 12.7 Å². The van der Waals surface area contributed by atoms with Crippen LogP contribution in [0.3, 0.4) is 0 Å². The number of carbonyl (C=O) groups is 1. The van der Waals surface area contributed by atoms with Gasteiger partial charge in [-0.3, -0.25) is 0 Å². The summed E-state index contributed by atoms with van der Waals surface area (Å²) in [6, 6.07) is 0. The maximum atomic E-state index is 12.5. The molecule has 0 aliphatic carbocycles. The zero-order chi connectivity index (χ0) is 39.3. The summed E-state index contributed by atoms with van der Waals surface area (Å²) >= 11 is 0. The fourth-order valence-electron chi connectivity index (χ4n) is 6.91. The van der Waals surface area contributed by atoms with Crippen molar-refractivity contribution < 1.29 is 19.0 Å². The molecule has 54 heavy (non-hydrogen) atoms. The van der Waals surface area contributed by atoms with Gasteiger partial charge in [0.25, 0.3) is 0 Å². The Kier molecular flexibility index (Phi) is 44.8. The van der Waals surface area contributed by atoms with Crippen LogP contribution >= 0.6 is 0 Å². The number of nitrogens with zero attached hydrogens (tertiary/aromatic N) is 1. The summed E-state index contributed by atoms with van der Waals surface area (Å²) < 4.78 is 17.8. The fourth-order valence-corrected chi connectivity index (χ4v) is 6.91. The molecule has 0 fully saturated rings. The first kappa shape index (κ1) is 52.6. The number of hydrogen-bond donors (Lipinski definition) is 1. The number of carbonyl (C=O) groups excluding carboxylic acids is 1. The van der Waals surface area contributed by atoms with Crippen LogP contribution in [0.4, 0.5) is 4.79 Å². The summed E-state index contributed by atoms with van der Waals surface area (Å²) in [7, 11) is 0. The third-order valence-corrected chi connectivity index (χ3v) is 10.3. The molecule has 320 valence electrons. The summed E-state index contributed by atoms with van der Waals surface area (Å²) in [5.74, 6) is 0. The molecular formula is C48H94N2O4. The number of allylic oxidation sites excluding steroid dienone is 4. The van der Waals surface area contributed by atoms with E-state index in [1.165, 1.54) is 167 Å². The molecule has 0 aliphatic rings. The molecule has 1 amide bonds. The molecule has 0 aromatic carbocycles. The molecule has 0 aromatic rings. The van der Waals surface area contributed by atoms with Gasteiger partial charge in [-0.05, 0) is 90.1 Å². The molecule has 0 aliphatic heterocycles. The highest BCUT2D eigenvalue weighted by atomic mass is 16.6. The topological polar surface area (TPSA) is 60.0 Å². The van der Waals surface area contributed by atoms with Gasteiger partial charge in [0.05, 0.1) is 6.61 Å². The van der Waals surface area contributed by atoms with Gasteiger partial charge in [0.2, 0.25) is 0 Å². The Hall–Kier alpha value is -1.37. The standard InChI is InChI=1S/C48H94N2O4/c1-5-9-11-13-15-17-19-21-23-25-27-29-31-33-35-37-43-52-45-47(46-54-48(51)49-39-42-50(40-7-3)41-8-4)53-44-38-36-34-32-30-28-26-24-22-20-18-16-14-12-10-6-2/h21-24,47H,5-20,25-46H2,1-4H3,(H,49,51). The van der Waals surface area contributed by atoms with Gasteiger partial charge in [-0.1, -0.05) is 168 Å². The molecule has 1 N–H and O–H groups in total. The van der Waals surface area contributed by atoms with E-state index in [1.807, 2.05) is 0 Å². The van der Waals surface area contributed by atoms with Crippen molar-refractivity contribution in [2.45, 2.75) is 226 Å². The molecular weight excluding hydrogens is 669 g/mol. The highest BCUT2D eigenvalue weighted by molar-refractivity contribution is 5.67. The van der Waals surface area contributed by atoms with Crippen molar-refractivity contribution in [1.82, 2.24) is 10.2 Å². The van der Waals surface area contributed by atoms with E-state index in [0.717, 1.165) is 51.9 Å². The van der Waals surface area contributed by atoms with Crippen LogP contribution in [0.5, 0.6) is 0 Å². The Balaban J connectivity index is 4.15. The van der Waals surface area contributed by atoms with Crippen LogP contribution in [-0.2, 0) is 14.2 Å². The smallest absolute Gasteiger partial charge is 0.407 e. The van der Waals surface area contributed by atoms with E-state index >= 15 is 0 Å². The molecule has 6 heteroatoms. The fraction of sp³-hybridized carbons (Fsp3) is 0.896. The lowest BCUT2D eigenvalue weighted by atomic mass is 10.1. The van der Waals surface area contributed by atoms with Gasteiger partial charge in [0, 0.05) is 26.3 Å². The molecule has 0 rings (SSSR count). The molecule has 0 heterocycles. The predicted molar refractivity (Wildman–Crippen MR) is 236 cm³/mol. The molecule has 0 bridgehead atoms. The molecule has 1 unspecified atom stereocenters. The van der Waals surface area contributed by atoms with Crippen molar-refractivity contribution >= 4 is 6.09 Å². The van der Waals surface area contributed by atoms with Crippen LogP contribution in [-0.4, -0.2) is 69.7 Å². The Bertz CT molecular complexity index is 783. The number of alkyl carbamates (subject to hydrolysis) is 1. The highest BCUT2D eigenvalue weighted by Gasteiger charge is 2.14. The van der Waals surface area contributed by atoms with Crippen molar-refractivity contribution in [3.8, 4) is 0 Å². The van der Waals surface area contributed by atoms with Crippen molar-refractivity contribution in [3.05, 3.63) is 24.3 Å². The lowest BCUT2D eigenvalue weighted by molar-refractivity contribution is -0.0468. The second-order valence-electron chi connectivity index (χ2n) is 15.8. The quantitative estimate of drug-likeness (QED) is 0.0495. The van der Waals surface area contributed by atoms with Gasteiger partial charge in [-0.2, -0.15) is 0 Å². The first-order valence-corrected chi connectivity index (χ1v) is 23.8. The number of amides is 1. The van der Waals surface area contributed by atoms with E-state index < -0.39 is 0 Å². The first-order chi connectivity index (χ1) is 26.7. The Morgan fingerprint density at radius 1 is 0.481 bits per heavy atom. The van der Waals surface area contributed by atoms with Crippen molar-refractivity contribution in [3.63, 3.8) is 0 Å². The maximum Gasteiger partial charge on any atom is 0.407 e. The highest BCUT2D eigenvalue weighted by Crippen LogP contribution is 2.12. The number of hydrogen-bond acceptors (Lipinski definition) is 5. The predicted octanol–water partition coefficient (Wildman–Crippen LogP) is 14.3. The Morgan fingerprint density at radius 2 is 0.889 bits per heavy atom. The second-order valence-corrected chi connectivity index (χ2v) is 15.8. The van der Waals surface area contributed by atoms with Crippen LogP contribution < -0.4 is 5.32 Å². The molecule has 1 atom stereocenters. The van der Waals surface area contributed by atoms with Crippen molar-refractivity contribution in [2.24, 2.45) is 0 Å². The summed E-state index contributed by atoms with van der Waals surface area (Å²) in [4.78, 5) is 14.9. The minimum absolute atomic E-state index is 0.218. The van der Waals surface area contributed by atoms with Gasteiger partial charge < -0.3 is 24.4 Å². The van der Waals surface area contributed by atoms with E-state index in [2.05, 4.69) is 62.2 Å². The third kappa shape index (κ3) is 41.8. The number of rotatable bonds is 44. The van der Waals surface area contributed by atoms with Gasteiger partial charge in [0.15, 0.2) is 0 Å². The monoisotopic (exact) mass is 763 g/mol. The molecule has 6 nitrogen and oxygen atoms in total. The summed E-state index contributed by atoms with van der Waals surface area (Å²) in [6.07, 6.45) is 47.7. The van der Waals surface area contributed by atoms with Gasteiger partial charge in [-0.15, -0.1) is 0 Å². The van der Waals surface area contributed by atoms with Gasteiger partial charge >= 0.3 is 6.09 Å². The van der Waals surface area contributed by atoms with E-state index in [9.17, 15) is 4.79 Å². The molecule has 0 spiro atoms. The second kappa shape index (κ2) is 46.0. The lowest BCUT2D eigenvalue weighted by Gasteiger charge is -2.21. The van der Waals surface area contributed by atoms with Crippen molar-refractivity contribution in [1.29, 1.82) is 0 Å². The Morgan fingerprint density at radius 3 is 1.33 bits per heavy atom. The molecule has 0 saturated heterocycles. The van der Waals surface area contributed by atoms with E-state index in [-0.39, 0.29) is 18.8 Å². The van der Waals surface area contributed by atoms with Crippen LogP contribution in [0, 0.1) is 0 Å². The van der Waals surface area contributed by atoms with Gasteiger partial charge in [-0.25, -0.2) is 4.79 Å². The first-order valence-electron chi connectivity index (χ1n) is 23.8. The number of unbranched alkanes of at least 4 members (excludes halogenated alkanes) is 24. The molecule has 0 saturated carbocycles. The van der Waals surface area contributed by atoms with Crippen LogP contribution in [0.1, 0.15) is 220 Å². The lowest BCUT2D eigenvalue weighted by Crippen LogP contribution is -2.37. The largest absolute Gasteiger partial charge is 0.447 e. The minimum Gasteiger partial charge on any atom is -0.447 e. The van der Waals surface area contributed by atoms with Crippen LogP contribution in [0.2, 0.25) is 0 Å². The van der Waals surface area contributed by atoms with E-state index in [4.69, 9.17) is 14.2 Å². The average molecular weight is 763 g/mol. The molecule has 0 aromatic heterocycles. The third-order valence-electron chi connectivity index (χ3n) is 10.3.